The number of benzene rings is 1. The normalized spacial score (nSPS) is 21.1. The maximum atomic E-state index is 12.5. The van der Waals surface area contributed by atoms with Crippen molar-refractivity contribution in [3.63, 3.8) is 0 Å². The predicted octanol–water partition coefficient (Wildman–Crippen LogP) is 10.9. The van der Waals surface area contributed by atoms with E-state index in [9.17, 15) is 10.1 Å². The minimum Gasteiger partial charge on any atom is -0.366 e. The Bertz CT molecular complexity index is 2560. The summed E-state index contributed by atoms with van der Waals surface area (Å²) in [6.07, 6.45) is 9.83. The van der Waals surface area contributed by atoms with Crippen LogP contribution >= 0.6 is 0 Å². The maximum Gasteiger partial charge on any atom is 0.150 e. The lowest BCUT2D eigenvalue weighted by Gasteiger charge is -2.59. The number of nitriles is 1. The first-order valence-corrected chi connectivity index (χ1v) is 20.7. The molecule has 282 valence electrons. The number of nitrogens with zero attached hydrogens (tertiary/aromatic N) is 4. The van der Waals surface area contributed by atoms with Crippen LogP contribution in [0.15, 0.2) is 42.0 Å². The van der Waals surface area contributed by atoms with Gasteiger partial charge in [0.15, 0.2) is 0 Å². The quantitative estimate of drug-likeness (QED) is 0.167. The number of nitrogens with one attached hydrogen (secondary N) is 2. The second-order valence-corrected chi connectivity index (χ2v) is 15.6. The fourth-order valence-electron chi connectivity index (χ4n) is 11.5. The highest BCUT2D eigenvalue weighted by Crippen LogP contribution is 2.66. The number of hydrogen-bond donors (Lipinski definition) is 2. The molecular formula is C48H54N6O. The van der Waals surface area contributed by atoms with Crippen molar-refractivity contribution >= 4 is 51.3 Å². The Morgan fingerprint density at radius 3 is 1.89 bits per heavy atom. The van der Waals surface area contributed by atoms with E-state index in [4.69, 9.17) is 9.97 Å². The van der Waals surface area contributed by atoms with Crippen molar-refractivity contribution in [3.05, 3.63) is 104 Å². The van der Waals surface area contributed by atoms with Crippen LogP contribution in [-0.4, -0.2) is 39.3 Å². The zero-order chi connectivity index (χ0) is 39.0. The Kier molecular flexibility index (Phi) is 9.03. The monoisotopic (exact) mass is 730 g/mol. The molecule has 0 unspecified atom stereocenters. The van der Waals surface area contributed by atoms with Gasteiger partial charge in [0.1, 0.15) is 6.29 Å². The number of fused-ring (bicyclic) bond motifs is 11. The average Bonchev–Trinajstić information content (AvgIpc) is 3.93. The summed E-state index contributed by atoms with van der Waals surface area (Å²) in [6.45, 7) is 18.0. The number of allylic oxidation sites excluding steroid dienone is 2. The van der Waals surface area contributed by atoms with Crippen LogP contribution in [-0.2, 0) is 36.5 Å². The highest BCUT2D eigenvalue weighted by molar-refractivity contribution is 5.96. The maximum absolute atomic E-state index is 12.5. The van der Waals surface area contributed by atoms with E-state index in [1.165, 1.54) is 33.4 Å². The van der Waals surface area contributed by atoms with E-state index >= 15 is 0 Å². The molecule has 0 fully saturated rings. The number of aromatic nitrogens is 4. The van der Waals surface area contributed by atoms with Gasteiger partial charge >= 0.3 is 0 Å². The Morgan fingerprint density at radius 2 is 1.36 bits per heavy atom. The van der Waals surface area contributed by atoms with Gasteiger partial charge in [-0.05, 0) is 133 Å². The van der Waals surface area contributed by atoms with Gasteiger partial charge in [0, 0.05) is 45.9 Å². The topological polar surface area (TPSA) is 101 Å². The van der Waals surface area contributed by atoms with E-state index in [1.54, 1.807) is 0 Å². The van der Waals surface area contributed by atoms with Gasteiger partial charge in [-0.25, -0.2) is 4.98 Å². The van der Waals surface area contributed by atoms with Gasteiger partial charge in [0.2, 0.25) is 0 Å². The number of aryl methyl sites for hydroxylation is 4. The number of H-pyrrole nitrogens is 2. The molecule has 1 aromatic carbocycles. The van der Waals surface area contributed by atoms with E-state index in [0.29, 0.717) is 5.56 Å². The predicted molar refractivity (Wildman–Crippen MR) is 227 cm³/mol. The van der Waals surface area contributed by atoms with Crippen LogP contribution < -0.4 is 4.90 Å². The summed E-state index contributed by atoms with van der Waals surface area (Å²) in [4.78, 5) is 34.0. The molecule has 6 heterocycles. The average molecular weight is 731 g/mol. The van der Waals surface area contributed by atoms with Crippen LogP contribution in [0.4, 0.5) is 5.69 Å². The number of carbonyl (C=O) groups is 1. The second kappa shape index (κ2) is 13.5. The van der Waals surface area contributed by atoms with Crippen LogP contribution in [0.5, 0.6) is 0 Å². The van der Waals surface area contributed by atoms with Gasteiger partial charge in [-0.1, -0.05) is 55.4 Å². The third-order valence-corrected chi connectivity index (χ3v) is 13.8. The van der Waals surface area contributed by atoms with Crippen LogP contribution in [0.1, 0.15) is 148 Å². The molecule has 3 aliphatic heterocycles. The molecule has 0 saturated carbocycles. The molecule has 0 radical (unpaired) electrons. The molecule has 4 aromatic rings. The number of carbonyl (C=O) groups excluding carboxylic acids is 1. The van der Waals surface area contributed by atoms with E-state index in [2.05, 4.69) is 120 Å². The van der Waals surface area contributed by atoms with Crippen LogP contribution in [0.25, 0.3) is 39.3 Å². The van der Waals surface area contributed by atoms with E-state index in [1.807, 2.05) is 6.07 Å². The Labute approximate surface area is 325 Å². The zero-order valence-electron chi connectivity index (χ0n) is 34.1. The molecule has 0 amide bonds. The molecule has 8 bridgehead atoms. The van der Waals surface area contributed by atoms with Gasteiger partial charge in [0.05, 0.1) is 51.3 Å². The SMILES string of the molecule is CCC1=C(CC)c2nc1cc1[nH]c(cc3[nH]c(cc4nc5c2C=C(C#N)[C@H]2N(C)c6ccc(C=O)cc6[C@@]4(CC)[C@]52CC)c(CC)c3CC)c(CC)c1CC. The first kappa shape index (κ1) is 36.7. The van der Waals surface area contributed by atoms with Gasteiger partial charge in [-0.2, -0.15) is 5.26 Å². The van der Waals surface area contributed by atoms with Gasteiger partial charge in [-0.3, -0.25) is 9.78 Å². The molecule has 7 heteroatoms. The molecule has 3 aromatic heterocycles. The number of likely N-dealkylation sites (N-methyl/N-ethyl adjacent to an activating group) is 1. The molecule has 4 aliphatic rings. The zero-order valence-corrected chi connectivity index (χ0v) is 34.1. The summed E-state index contributed by atoms with van der Waals surface area (Å²) in [6, 6.07) is 15.5. The molecule has 2 N–H and O–H groups in total. The van der Waals surface area contributed by atoms with Crippen molar-refractivity contribution in [2.24, 2.45) is 0 Å². The highest BCUT2D eigenvalue weighted by atomic mass is 16.1. The van der Waals surface area contributed by atoms with Crippen molar-refractivity contribution in [1.29, 1.82) is 5.26 Å². The number of hydrogen-bond acceptors (Lipinski definition) is 5. The van der Waals surface area contributed by atoms with Crippen molar-refractivity contribution in [3.8, 4) is 6.07 Å². The summed E-state index contributed by atoms with van der Waals surface area (Å²) >= 11 is 0. The Balaban J connectivity index is 1.69. The molecule has 0 spiro atoms. The third kappa shape index (κ3) is 4.70. The first-order chi connectivity index (χ1) is 26.7. The van der Waals surface area contributed by atoms with Crippen LogP contribution in [0.3, 0.4) is 0 Å². The summed E-state index contributed by atoms with van der Waals surface area (Å²) in [7, 11) is 2.11. The lowest BCUT2D eigenvalue weighted by molar-refractivity contribution is 0.112. The molecule has 7 nitrogen and oxygen atoms in total. The van der Waals surface area contributed by atoms with Gasteiger partial charge in [-0.15, -0.1) is 0 Å². The molecule has 1 aliphatic carbocycles. The van der Waals surface area contributed by atoms with Crippen molar-refractivity contribution in [1.82, 2.24) is 19.9 Å². The molecule has 3 atom stereocenters. The first-order valence-electron chi connectivity index (χ1n) is 20.7. The summed E-state index contributed by atoms with van der Waals surface area (Å²) < 4.78 is 0. The number of aldehydes is 1. The van der Waals surface area contributed by atoms with E-state index in [0.717, 1.165) is 125 Å². The van der Waals surface area contributed by atoms with Crippen LogP contribution in [0, 0.1) is 11.3 Å². The summed E-state index contributed by atoms with van der Waals surface area (Å²) in [5, 5.41) is 11.2. The Morgan fingerprint density at radius 1 is 0.764 bits per heavy atom. The van der Waals surface area contributed by atoms with Crippen molar-refractivity contribution in [2.45, 2.75) is 124 Å². The van der Waals surface area contributed by atoms with Crippen molar-refractivity contribution < 1.29 is 4.79 Å². The second-order valence-electron chi connectivity index (χ2n) is 15.6. The third-order valence-electron chi connectivity index (χ3n) is 13.8. The van der Waals surface area contributed by atoms with E-state index in [-0.39, 0.29) is 6.04 Å². The largest absolute Gasteiger partial charge is 0.366 e. The molecular weight excluding hydrogens is 677 g/mol. The van der Waals surface area contributed by atoms with Gasteiger partial charge in [0.25, 0.3) is 0 Å². The summed E-state index contributed by atoms with van der Waals surface area (Å²) in [5.41, 5.74) is 19.4. The number of anilines is 1. The minimum atomic E-state index is -0.633. The summed E-state index contributed by atoms with van der Waals surface area (Å²) in [5.74, 6) is 0. The minimum absolute atomic E-state index is 0.259. The fourth-order valence-corrected chi connectivity index (χ4v) is 11.5. The molecule has 0 saturated heterocycles. The number of rotatable bonds is 9. The van der Waals surface area contributed by atoms with Crippen LogP contribution in [0.2, 0.25) is 0 Å². The van der Waals surface area contributed by atoms with E-state index < -0.39 is 10.8 Å². The highest BCUT2D eigenvalue weighted by Gasteiger charge is 2.68. The number of aromatic amines is 2. The lowest BCUT2D eigenvalue weighted by atomic mass is 9.48. The van der Waals surface area contributed by atoms with Gasteiger partial charge < -0.3 is 14.9 Å². The Hall–Kier alpha value is -5.22. The smallest absolute Gasteiger partial charge is 0.150 e. The fraction of sp³-hybridized carbons (Fsp3) is 0.417. The lowest BCUT2D eigenvalue weighted by Crippen LogP contribution is -2.64. The van der Waals surface area contributed by atoms with Crippen molar-refractivity contribution in [2.75, 3.05) is 11.9 Å². The molecule has 8 rings (SSSR count). The molecule has 55 heavy (non-hydrogen) atoms. The standard InChI is InChI=1S/C48H54N6O/c1-10-29-30(11-2)39-23-40-33(14-5)34(15-6)44(52-40)35-21-28(25-49)46-48(17-8)45(35)53-43(24-41-32(13-4)31(12-3)38(51-41)22-37(29)50-39)47(48,16-7)36-20-27(26-55)18-19-42(36)54(46)9/h18-24,26,46,50-51H,10-17H2,1-9H3/t46-,47-,48-/m1/s1.